The molecule has 0 aliphatic rings. The number of nitrogens with one attached hydrogen (secondary N) is 1. The first-order valence-corrected chi connectivity index (χ1v) is 7.83. The molecule has 0 saturated heterocycles. The van der Waals surface area contributed by atoms with Gasteiger partial charge in [0.2, 0.25) is 0 Å². The Bertz CT molecular complexity index is 722. The average molecular weight is 326 g/mol. The molecule has 2 aromatic carbocycles. The summed E-state index contributed by atoms with van der Waals surface area (Å²) in [5.41, 5.74) is 4.08. The van der Waals surface area contributed by atoms with Gasteiger partial charge in [0.15, 0.2) is 0 Å². The molecule has 0 unspecified atom stereocenters. The van der Waals surface area contributed by atoms with Crippen molar-refractivity contribution in [3.05, 3.63) is 59.7 Å². The van der Waals surface area contributed by atoms with Gasteiger partial charge < -0.3 is 9.84 Å². The monoisotopic (exact) mass is 326 g/mol. The molecule has 0 aromatic heterocycles. The lowest BCUT2D eigenvalue weighted by atomic mass is 10.1. The third-order valence-electron chi connectivity index (χ3n) is 3.32. The Kier molecular flexibility index (Phi) is 5.95. The molecule has 0 heterocycles. The zero-order chi connectivity index (χ0) is 17.5. The predicted molar refractivity (Wildman–Crippen MR) is 94.6 cm³/mol. The van der Waals surface area contributed by atoms with Crippen LogP contribution in [0.25, 0.3) is 0 Å². The normalized spacial score (nSPS) is 11.4. The van der Waals surface area contributed by atoms with E-state index in [9.17, 15) is 9.90 Å². The highest BCUT2D eigenvalue weighted by Crippen LogP contribution is 2.16. The summed E-state index contributed by atoms with van der Waals surface area (Å²) in [6, 6.07) is 13.7. The van der Waals surface area contributed by atoms with E-state index in [4.69, 9.17) is 4.74 Å². The number of hydrogen-bond acceptors (Lipinski definition) is 4. The van der Waals surface area contributed by atoms with Gasteiger partial charge in [-0.1, -0.05) is 26.0 Å². The van der Waals surface area contributed by atoms with Crippen LogP contribution in [0, 0.1) is 5.92 Å². The summed E-state index contributed by atoms with van der Waals surface area (Å²) < 4.78 is 5.58. The lowest BCUT2D eigenvalue weighted by molar-refractivity contribution is 0.0954. The molecule has 0 fully saturated rings. The molecule has 126 valence electrons. The van der Waals surface area contributed by atoms with Crippen LogP contribution < -0.4 is 10.2 Å². The minimum Gasteiger partial charge on any atom is -0.507 e. The van der Waals surface area contributed by atoms with Crippen molar-refractivity contribution in [2.45, 2.75) is 20.8 Å². The van der Waals surface area contributed by atoms with E-state index in [-0.39, 0.29) is 11.7 Å². The molecule has 0 saturated carbocycles. The summed E-state index contributed by atoms with van der Waals surface area (Å²) >= 11 is 0. The Hall–Kier alpha value is -2.82. The van der Waals surface area contributed by atoms with Gasteiger partial charge in [0.05, 0.1) is 12.3 Å². The van der Waals surface area contributed by atoms with Crippen LogP contribution in [-0.4, -0.2) is 23.3 Å². The zero-order valence-electron chi connectivity index (χ0n) is 14.1. The Morgan fingerprint density at radius 1 is 1.17 bits per heavy atom. The Labute approximate surface area is 142 Å². The molecule has 0 atom stereocenters. The van der Waals surface area contributed by atoms with Gasteiger partial charge in [-0.15, -0.1) is 0 Å². The molecule has 24 heavy (non-hydrogen) atoms. The molecule has 0 aliphatic carbocycles. The molecular formula is C19H22N2O3. The third kappa shape index (κ3) is 4.84. The molecule has 0 radical (unpaired) electrons. The Morgan fingerprint density at radius 2 is 1.83 bits per heavy atom. The van der Waals surface area contributed by atoms with Gasteiger partial charge in [-0.25, -0.2) is 5.43 Å². The second-order valence-electron chi connectivity index (χ2n) is 5.88. The number of nitrogens with zero attached hydrogens (tertiary/aromatic N) is 1. The van der Waals surface area contributed by atoms with Crippen LogP contribution in [-0.2, 0) is 0 Å². The van der Waals surface area contributed by atoms with Crippen molar-refractivity contribution >= 4 is 11.6 Å². The van der Waals surface area contributed by atoms with E-state index in [2.05, 4.69) is 24.4 Å². The molecule has 0 aliphatic heterocycles. The summed E-state index contributed by atoms with van der Waals surface area (Å²) in [4.78, 5) is 12.1. The fraction of sp³-hybridized carbons (Fsp3) is 0.263. The maximum atomic E-state index is 12.1. The van der Waals surface area contributed by atoms with E-state index < -0.39 is 0 Å². The number of carbonyl (C=O) groups is 1. The zero-order valence-corrected chi connectivity index (χ0v) is 14.1. The quantitative estimate of drug-likeness (QED) is 0.629. The minimum atomic E-state index is -0.319. The lowest BCUT2D eigenvalue weighted by Gasteiger charge is -2.09. The van der Waals surface area contributed by atoms with Gasteiger partial charge >= 0.3 is 0 Å². The van der Waals surface area contributed by atoms with Crippen LogP contribution >= 0.6 is 0 Å². The summed E-state index contributed by atoms with van der Waals surface area (Å²) in [5, 5.41) is 13.8. The largest absolute Gasteiger partial charge is 0.507 e. The molecule has 0 bridgehead atoms. The molecular weight excluding hydrogens is 304 g/mol. The molecule has 0 spiro atoms. The van der Waals surface area contributed by atoms with E-state index >= 15 is 0 Å². The molecule has 1 amide bonds. The fourth-order valence-electron chi connectivity index (χ4n) is 2.00. The van der Waals surface area contributed by atoms with Crippen molar-refractivity contribution in [3.63, 3.8) is 0 Å². The summed E-state index contributed by atoms with van der Waals surface area (Å²) in [7, 11) is 0. The van der Waals surface area contributed by atoms with Crippen LogP contribution in [0.1, 0.15) is 36.7 Å². The second kappa shape index (κ2) is 8.15. The topological polar surface area (TPSA) is 70.9 Å². The highest BCUT2D eigenvalue weighted by atomic mass is 16.5. The molecule has 2 aromatic rings. The SMILES string of the molecule is CC(=NNC(=O)c1ccc(OCC(C)C)cc1)c1ccccc1O. The minimum absolute atomic E-state index is 0.125. The number of carbonyl (C=O) groups excluding carboxylic acids is 1. The first-order chi connectivity index (χ1) is 11.5. The van der Waals surface area contributed by atoms with Crippen molar-refractivity contribution in [2.24, 2.45) is 11.0 Å². The van der Waals surface area contributed by atoms with Crippen molar-refractivity contribution in [2.75, 3.05) is 6.61 Å². The summed E-state index contributed by atoms with van der Waals surface area (Å²) in [6.45, 7) is 6.51. The number of rotatable bonds is 6. The second-order valence-corrected chi connectivity index (χ2v) is 5.88. The Balaban J connectivity index is 1.99. The standard InChI is InChI=1S/C19H22N2O3/c1-13(2)12-24-16-10-8-15(9-11-16)19(23)21-20-14(3)17-6-4-5-7-18(17)22/h4-11,13,22H,12H2,1-3H3,(H,21,23). The summed E-state index contributed by atoms with van der Waals surface area (Å²) in [5.74, 6) is 0.980. The van der Waals surface area contributed by atoms with Gasteiger partial charge in [-0.3, -0.25) is 4.79 Å². The van der Waals surface area contributed by atoms with Crippen LogP contribution in [0.15, 0.2) is 53.6 Å². The number of aromatic hydroxyl groups is 1. The van der Waals surface area contributed by atoms with E-state index in [0.29, 0.717) is 29.4 Å². The van der Waals surface area contributed by atoms with Gasteiger partial charge in [0, 0.05) is 11.1 Å². The number of ether oxygens (including phenoxy) is 1. The van der Waals surface area contributed by atoms with Crippen LogP contribution in [0.2, 0.25) is 0 Å². The lowest BCUT2D eigenvalue weighted by Crippen LogP contribution is -2.19. The van der Waals surface area contributed by atoms with E-state index in [1.807, 2.05) is 0 Å². The van der Waals surface area contributed by atoms with Crippen molar-refractivity contribution in [3.8, 4) is 11.5 Å². The third-order valence-corrected chi connectivity index (χ3v) is 3.32. The van der Waals surface area contributed by atoms with Gasteiger partial charge in [-0.05, 0) is 49.2 Å². The maximum Gasteiger partial charge on any atom is 0.271 e. The van der Waals surface area contributed by atoms with E-state index in [1.165, 1.54) is 0 Å². The van der Waals surface area contributed by atoms with Crippen molar-refractivity contribution in [1.29, 1.82) is 0 Å². The first kappa shape index (κ1) is 17.5. The van der Waals surface area contributed by atoms with Gasteiger partial charge in [-0.2, -0.15) is 5.10 Å². The van der Waals surface area contributed by atoms with Gasteiger partial charge in [0.1, 0.15) is 11.5 Å². The highest BCUT2D eigenvalue weighted by molar-refractivity contribution is 6.02. The van der Waals surface area contributed by atoms with Gasteiger partial charge in [0.25, 0.3) is 5.91 Å². The highest BCUT2D eigenvalue weighted by Gasteiger charge is 2.07. The molecule has 2 N–H and O–H groups in total. The van der Waals surface area contributed by atoms with Crippen LogP contribution in [0.3, 0.4) is 0 Å². The Morgan fingerprint density at radius 3 is 2.46 bits per heavy atom. The van der Waals surface area contributed by atoms with Crippen LogP contribution in [0.5, 0.6) is 11.5 Å². The number of hydrazone groups is 1. The molecule has 5 heteroatoms. The first-order valence-electron chi connectivity index (χ1n) is 7.83. The number of hydrogen-bond donors (Lipinski definition) is 2. The number of para-hydroxylation sites is 1. The average Bonchev–Trinajstić information content (AvgIpc) is 2.58. The smallest absolute Gasteiger partial charge is 0.271 e. The number of phenolic OH excluding ortho intramolecular Hbond substituents is 1. The maximum absolute atomic E-state index is 12.1. The van der Waals surface area contributed by atoms with Crippen molar-refractivity contribution < 1.29 is 14.6 Å². The van der Waals surface area contributed by atoms with Crippen molar-refractivity contribution in [1.82, 2.24) is 5.43 Å². The molecule has 2 rings (SSSR count). The molecule has 5 nitrogen and oxygen atoms in total. The number of phenols is 1. The summed E-state index contributed by atoms with van der Waals surface area (Å²) in [6.07, 6.45) is 0. The number of amides is 1. The van der Waals surface area contributed by atoms with E-state index in [1.54, 1.807) is 55.5 Å². The number of benzene rings is 2. The predicted octanol–water partition coefficient (Wildman–Crippen LogP) is 3.58. The fourth-order valence-corrected chi connectivity index (χ4v) is 2.00. The van der Waals surface area contributed by atoms with E-state index in [0.717, 1.165) is 5.75 Å². The van der Waals surface area contributed by atoms with Crippen LogP contribution in [0.4, 0.5) is 0 Å².